The number of thioether (sulfide) groups is 1. The van der Waals surface area contributed by atoms with Crippen LogP contribution in [0.4, 0.5) is 10.1 Å². The summed E-state index contributed by atoms with van der Waals surface area (Å²) >= 11 is 6.79. The number of anilines is 1. The van der Waals surface area contributed by atoms with E-state index < -0.39 is 24.3 Å². The Balaban J connectivity index is 1.49. The number of nitrogens with zero attached hydrogens (tertiary/aromatic N) is 3. The number of hydrogen-bond donors (Lipinski definition) is 1. The highest BCUT2D eigenvalue weighted by Crippen LogP contribution is 2.24. The molecule has 0 saturated heterocycles. The maximum absolute atomic E-state index is 13.1. The first-order valence-electron chi connectivity index (χ1n) is 8.48. The number of rotatable bonds is 8. The van der Waals surface area contributed by atoms with Gasteiger partial charge in [0, 0.05) is 12.2 Å². The first-order chi connectivity index (χ1) is 14.0. The minimum absolute atomic E-state index is 0.0497. The Morgan fingerprint density at radius 3 is 2.86 bits per heavy atom. The number of halogens is 2. The Bertz CT molecular complexity index is 1010. The van der Waals surface area contributed by atoms with Gasteiger partial charge in [0.15, 0.2) is 23.3 Å². The van der Waals surface area contributed by atoms with Crippen LogP contribution in [0.1, 0.15) is 6.92 Å². The zero-order valence-electron chi connectivity index (χ0n) is 15.2. The van der Waals surface area contributed by atoms with Crippen molar-refractivity contribution in [1.82, 2.24) is 14.8 Å². The monoisotopic (exact) mass is 438 g/mol. The molecule has 0 bridgehead atoms. The molecule has 1 N–H and O–H groups in total. The van der Waals surface area contributed by atoms with Gasteiger partial charge >= 0.3 is 5.97 Å². The van der Waals surface area contributed by atoms with Crippen LogP contribution in [0.2, 0.25) is 5.02 Å². The van der Waals surface area contributed by atoms with Gasteiger partial charge < -0.3 is 14.5 Å². The van der Waals surface area contributed by atoms with Crippen molar-refractivity contribution in [3.05, 3.63) is 47.4 Å². The molecule has 29 heavy (non-hydrogen) atoms. The average Bonchev–Trinajstić information content (AvgIpc) is 3.36. The molecule has 152 valence electrons. The third kappa shape index (κ3) is 5.36. The molecule has 2 aromatic heterocycles. The summed E-state index contributed by atoms with van der Waals surface area (Å²) in [5, 5.41) is 11.0. The zero-order chi connectivity index (χ0) is 20.8. The third-order valence-corrected chi connectivity index (χ3v) is 4.89. The van der Waals surface area contributed by atoms with Crippen LogP contribution in [0.3, 0.4) is 0 Å². The third-order valence-electron chi connectivity index (χ3n) is 3.66. The van der Waals surface area contributed by atoms with E-state index in [2.05, 4.69) is 15.5 Å². The molecular weight excluding hydrogens is 423 g/mol. The van der Waals surface area contributed by atoms with Crippen LogP contribution >= 0.6 is 23.4 Å². The highest BCUT2D eigenvalue weighted by atomic mass is 35.5. The minimum atomic E-state index is -0.594. The zero-order valence-corrected chi connectivity index (χ0v) is 16.8. The lowest BCUT2D eigenvalue weighted by molar-refractivity contribution is -0.144. The highest BCUT2D eigenvalue weighted by Gasteiger charge is 2.17. The van der Waals surface area contributed by atoms with Gasteiger partial charge in [0.1, 0.15) is 5.82 Å². The number of aromatic nitrogens is 3. The predicted octanol–water partition coefficient (Wildman–Crippen LogP) is 3.62. The predicted molar refractivity (Wildman–Crippen MR) is 105 cm³/mol. The second-order valence-corrected chi connectivity index (χ2v) is 7.00. The SMILES string of the molecule is CCn1c(SCC(=O)OCC(=O)Nc2ccc(F)c(Cl)c2)nnc1-c1ccco1. The van der Waals surface area contributed by atoms with Crippen LogP contribution in [-0.4, -0.2) is 39.0 Å². The van der Waals surface area contributed by atoms with E-state index in [1.807, 2.05) is 11.5 Å². The van der Waals surface area contributed by atoms with Crippen molar-refractivity contribution in [2.24, 2.45) is 0 Å². The molecule has 0 aliphatic carbocycles. The number of carbonyl (C=O) groups excluding carboxylic acids is 2. The van der Waals surface area contributed by atoms with Crippen LogP contribution in [0.5, 0.6) is 0 Å². The van der Waals surface area contributed by atoms with Gasteiger partial charge in [0.25, 0.3) is 5.91 Å². The molecule has 0 fully saturated rings. The summed E-state index contributed by atoms with van der Waals surface area (Å²) in [5.41, 5.74) is 0.299. The smallest absolute Gasteiger partial charge is 0.316 e. The van der Waals surface area contributed by atoms with Crippen molar-refractivity contribution in [3.63, 3.8) is 0 Å². The van der Waals surface area contributed by atoms with E-state index in [1.54, 1.807) is 18.4 Å². The van der Waals surface area contributed by atoms with Gasteiger partial charge in [-0.2, -0.15) is 0 Å². The van der Waals surface area contributed by atoms with E-state index in [0.29, 0.717) is 29.0 Å². The fourth-order valence-electron chi connectivity index (χ4n) is 2.35. The van der Waals surface area contributed by atoms with Crippen LogP contribution < -0.4 is 5.32 Å². The number of nitrogens with one attached hydrogen (secondary N) is 1. The Morgan fingerprint density at radius 2 is 2.17 bits per heavy atom. The van der Waals surface area contributed by atoms with Gasteiger partial charge in [-0.3, -0.25) is 14.2 Å². The van der Waals surface area contributed by atoms with Gasteiger partial charge in [-0.05, 0) is 37.3 Å². The number of hydrogen-bond acceptors (Lipinski definition) is 7. The first-order valence-corrected chi connectivity index (χ1v) is 9.84. The summed E-state index contributed by atoms with van der Waals surface area (Å²) < 4.78 is 25.2. The van der Waals surface area contributed by atoms with Crippen molar-refractivity contribution in [2.45, 2.75) is 18.6 Å². The molecule has 0 spiro atoms. The van der Waals surface area contributed by atoms with Crippen molar-refractivity contribution >= 4 is 40.9 Å². The van der Waals surface area contributed by atoms with E-state index in [1.165, 1.54) is 12.1 Å². The Labute approximate surface area is 174 Å². The maximum atomic E-state index is 13.1. The van der Waals surface area contributed by atoms with Crippen LogP contribution in [0.15, 0.2) is 46.2 Å². The summed E-state index contributed by atoms with van der Waals surface area (Å²) in [7, 11) is 0. The van der Waals surface area contributed by atoms with Crippen LogP contribution in [0.25, 0.3) is 11.6 Å². The molecule has 1 amide bonds. The number of esters is 1. The van der Waals surface area contributed by atoms with Crippen molar-refractivity contribution in [1.29, 1.82) is 0 Å². The lowest BCUT2D eigenvalue weighted by atomic mass is 10.3. The van der Waals surface area contributed by atoms with Gasteiger partial charge in [-0.25, -0.2) is 4.39 Å². The maximum Gasteiger partial charge on any atom is 0.316 e. The van der Waals surface area contributed by atoms with E-state index >= 15 is 0 Å². The summed E-state index contributed by atoms with van der Waals surface area (Å²) in [4.78, 5) is 23.8. The minimum Gasteiger partial charge on any atom is -0.461 e. The Hall–Kier alpha value is -2.85. The Kier molecular flexibility index (Phi) is 6.89. The van der Waals surface area contributed by atoms with E-state index in [-0.39, 0.29) is 10.8 Å². The summed E-state index contributed by atoms with van der Waals surface area (Å²) in [6.07, 6.45) is 1.54. The number of furan rings is 1. The highest BCUT2D eigenvalue weighted by molar-refractivity contribution is 7.99. The van der Waals surface area contributed by atoms with Crippen molar-refractivity contribution < 1.29 is 23.1 Å². The van der Waals surface area contributed by atoms with E-state index in [4.69, 9.17) is 20.8 Å². The molecule has 2 heterocycles. The molecule has 11 heteroatoms. The molecule has 0 radical (unpaired) electrons. The summed E-state index contributed by atoms with van der Waals surface area (Å²) in [5.74, 6) is -0.665. The molecule has 1 aromatic carbocycles. The molecule has 0 saturated carbocycles. The van der Waals surface area contributed by atoms with Gasteiger partial charge in [0.05, 0.1) is 17.0 Å². The molecule has 0 unspecified atom stereocenters. The standard InChI is InChI=1S/C18H16ClFN4O4S/c1-2-24-17(14-4-3-7-27-14)22-23-18(24)29-10-16(26)28-9-15(25)21-11-5-6-13(20)12(19)8-11/h3-8H,2,9-10H2,1H3,(H,21,25). The second kappa shape index (κ2) is 9.57. The van der Waals surface area contributed by atoms with Gasteiger partial charge in [0.2, 0.25) is 0 Å². The lowest BCUT2D eigenvalue weighted by Crippen LogP contribution is -2.21. The van der Waals surface area contributed by atoms with E-state index in [0.717, 1.165) is 17.8 Å². The van der Waals surface area contributed by atoms with Crippen molar-refractivity contribution in [2.75, 3.05) is 17.7 Å². The van der Waals surface area contributed by atoms with Gasteiger partial charge in [-0.1, -0.05) is 23.4 Å². The normalized spacial score (nSPS) is 10.7. The molecule has 3 rings (SSSR count). The second-order valence-electron chi connectivity index (χ2n) is 5.65. The summed E-state index contributed by atoms with van der Waals surface area (Å²) in [6.45, 7) is 2.03. The van der Waals surface area contributed by atoms with Crippen LogP contribution in [0, 0.1) is 5.82 Å². The lowest BCUT2D eigenvalue weighted by Gasteiger charge is -2.08. The number of amides is 1. The molecule has 0 aliphatic rings. The van der Waals surface area contributed by atoms with E-state index in [9.17, 15) is 14.0 Å². The fraction of sp³-hybridized carbons (Fsp3) is 0.222. The molecule has 0 atom stereocenters. The van der Waals surface area contributed by atoms with Crippen LogP contribution in [-0.2, 0) is 20.9 Å². The fourth-order valence-corrected chi connectivity index (χ4v) is 3.33. The molecule has 8 nitrogen and oxygen atoms in total. The largest absolute Gasteiger partial charge is 0.461 e. The molecular formula is C18H16ClFN4O4S. The quantitative estimate of drug-likeness (QED) is 0.423. The molecule has 3 aromatic rings. The number of carbonyl (C=O) groups is 2. The van der Waals surface area contributed by atoms with Gasteiger partial charge in [-0.15, -0.1) is 10.2 Å². The first kappa shape index (κ1) is 20.9. The number of benzene rings is 1. The topological polar surface area (TPSA) is 99.2 Å². The average molecular weight is 439 g/mol. The Morgan fingerprint density at radius 1 is 1.34 bits per heavy atom. The summed E-state index contributed by atoms with van der Waals surface area (Å²) in [6, 6.07) is 7.26. The van der Waals surface area contributed by atoms with Crippen molar-refractivity contribution in [3.8, 4) is 11.6 Å². The number of ether oxygens (including phenoxy) is 1. The molecule has 0 aliphatic heterocycles.